The monoisotopic (exact) mass is 310 g/mol. The van der Waals surface area contributed by atoms with Gasteiger partial charge in [-0.15, -0.1) is 10.2 Å². The lowest BCUT2D eigenvalue weighted by Gasteiger charge is -2.23. The predicted octanol–water partition coefficient (Wildman–Crippen LogP) is 1.60. The Hall–Kier alpha value is -1.80. The highest BCUT2D eigenvalue weighted by atomic mass is 16.6. The van der Waals surface area contributed by atoms with Crippen LogP contribution in [0.3, 0.4) is 0 Å². The smallest absolute Gasteiger partial charge is 0.414 e. The molecule has 2 N–H and O–H groups in total. The van der Waals surface area contributed by atoms with Crippen LogP contribution in [-0.4, -0.2) is 45.2 Å². The maximum Gasteiger partial charge on any atom is 0.414 e. The van der Waals surface area contributed by atoms with Gasteiger partial charge in [-0.3, -0.25) is 5.32 Å². The van der Waals surface area contributed by atoms with Gasteiger partial charge in [-0.2, -0.15) is 0 Å². The Morgan fingerprint density at radius 2 is 2.05 bits per heavy atom. The van der Waals surface area contributed by atoms with Gasteiger partial charge in [0.2, 0.25) is 0 Å². The number of carbonyl (C=O) groups excluding carboxylic acids is 1. The molecule has 1 fully saturated rings. The van der Waals surface area contributed by atoms with E-state index in [1.54, 1.807) is 20.8 Å². The minimum atomic E-state index is -0.635. The van der Waals surface area contributed by atoms with E-state index in [1.807, 2.05) is 0 Å². The number of carbonyl (C=O) groups is 1. The number of hydrogen-bond acceptors (Lipinski definition) is 7. The predicted molar refractivity (Wildman–Crippen MR) is 78.4 cm³/mol. The molecule has 0 aromatic carbocycles. The second kappa shape index (κ2) is 6.97. The maximum atomic E-state index is 11.8. The zero-order valence-corrected chi connectivity index (χ0v) is 13.1. The fourth-order valence-corrected chi connectivity index (χ4v) is 2.22. The highest BCUT2D eigenvalue weighted by molar-refractivity contribution is 5.82. The molecular weight excluding hydrogens is 288 g/mol. The van der Waals surface area contributed by atoms with Crippen LogP contribution in [0.25, 0.3) is 0 Å². The van der Waals surface area contributed by atoms with Crippen LogP contribution in [0.5, 0.6) is 0 Å². The average Bonchev–Trinajstić information content (AvgIpc) is 2.46. The van der Waals surface area contributed by atoms with E-state index >= 15 is 0 Å². The number of aliphatic hydroxyl groups excluding tert-OH is 1. The first-order valence-electron chi connectivity index (χ1n) is 7.31. The van der Waals surface area contributed by atoms with Gasteiger partial charge < -0.3 is 14.6 Å². The van der Waals surface area contributed by atoms with Crippen molar-refractivity contribution in [3.05, 3.63) is 11.4 Å². The molecule has 0 unspecified atom stereocenters. The Labute approximate surface area is 129 Å². The summed E-state index contributed by atoms with van der Waals surface area (Å²) in [5, 5.41) is 19.6. The second-order valence-electron chi connectivity index (χ2n) is 6.14. The van der Waals surface area contributed by atoms with E-state index in [4.69, 9.17) is 9.47 Å². The van der Waals surface area contributed by atoms with Gasteiger partial charge in [0.05, 0.1) is 12.3 Å². The van der Waals surface area contributed by atoms with E-state index in [0.29, 0.717) is 24.6 Å². The Balaban J connectivity index is 2.14. The third-order valence-corrected chi connectivity index (χ3v) is 3.16. The van der Waals surface area contributed by atoms with Crippen molar-refractivity contribution in [1.29, 1.82) is 0 Å². The van der Waals surface area contributed by atoms with Gasteiger partial charge in [-0.1, -0.05) is 0 Å². The number of nitrogens with one attached hydrogen (secondary N) is 1. The van der Waals surface area contributed by atoms with Gasteiger partial charge in [0.25, 0.3) is 5.95 Å². The van der Waals surface area contributed by atoms with Gasteiger partial charge in [0.15, 0.2) is 0 Å². The number of rotatable bonds is 3. The quantitative estimate of drug-likeness (QED) is 0.873. The van der Waals surface area contributed by atoms with E-state index in [9.17, 15) is 9.90 Å². The van der Waals surface area contributed by atoms with E-state index in [0.717, 1.165) is 12.8 Å². The molecule has 1 aromatic heterocycles. The third kappa shape index (κ3) is 4.60. The van der Waals surface area contributed by atoms with Crippen molar-refractivity contribution in [3.63, 3.8) is 0 Å². The lowest BCUT2D eigenvalue weighted by Crippen LogP contribution is -2.28. The summed E-state index contributed by atoms with van der Waals surface area (Å²) in [5.74, 6) is 0.221. The number of nitrogens with zero attached hydrogens (tertiary/aromatic N) is 3. The van der Waals surface area contributed by atoms with Crippen LogP contribution in [0.15, 0.2) is 0 Å². The van der Waals surface area contributed by atoms with Gasteiger partial charge >= 0.3 is 6.09 Å². The molecule has 0 saturated carbocycles. The van der Waals surface area contributed by atoms with Crippen molar-refractivity contribution in [2.24, 2.45) is 0 Å². The summed E-state index contributed by atoms with van der Waals surface area (Å²) in [5.41, 5.74) is 0.486. The number of hydrogen-bond donors (Lipinski definition) is 2. The van der Waals surface area contributed by atoms with Crippen molar-refractivity contribution in [1.82, 2.24) is 15.2 Å². The molecular formula is C14H22N4O4. The maximum absolute atomic E-state index is 11.8. The molecule has 0 aliphatic carbocycles. The zero-order chi connectivity index (χ0) is 16.2. The molecule has 22 heavy (non-hydrogen) atoms. The van der Waals surface area contributed by atoms with Gasteiger partial charge in [0, 0.05) is 19.1 Å². The largest absolute Gasteiger partial charge is 0.444 e. The number of anilines is 1. The molecule has 1 amide bonds. The topological polar surface area (TPSA) is 106 Å². The zero-order valence-electron chi connectivity index (χ0n) is 13.1. The minimum Gasteiger partial charge on any atom is -0.444 e. The standard InChI is InChI=1S/C14H22N4O4/c1-14(2,3)22-13(20)16-12-15-11(10(8-19)17-18-12)9-4-6-21-7-5-9/h9,19H,4-8H2,1-3H3,(H,15,16,18,20). The second-order valence-corrected chi connectivity index (χ2v) is 6.14. The average molecular weight is 310 g/mol. The molecule has 0 radical (unpaired) electrons. The Kier molecular flexibility index (Phi) is 5.25. The molecule has 1 aliphatic rings. The van der Waals surface area contributed by atoms with E-state index in [-0.39, 0.29) is 18.5 Å². The van der Waals surface area contributed by atoms with E-state index in [1.165, 1.54) is 0 Å². The molecule has 2 rings (SSSR count). The Morgan fingerprint density at radius 1 is 1.36 bits per heavy atom. The molecule has 8 heteroatoms. The molecule has 0 bridgehead atoms. The fourth-order valence-electron chi connectivity index (χ4n) is 2.22. The van der Waals surface area contributed by atoms with Crippen LogP contribution >= 0.6 is 0 Å². The van der Waals surface area contributed by atoms with Crippen molar-refractivity contribution >= 4 is 12.0 Å². The summed E-state index contributed by atoms with van der Waals surface area (Å²) in [4.78, 5) is 16.1. The SMILES string of the molecule is CC(C)(C)OC(=O)Nc1nnc(CO)c(C2CCOCC2)n1. The summed E-state index contributed by atoms with van der Waals surface area (Å²) >= 11 is 0. The van der Waals surface area contributed by atoms with Gasteiger partial charge in [-0.25, -0.2) is 9.78 Å². The van der Waals surface area contributed by atoms with Crippen LogP contribution in [0.1, 0.15) is 50.9 Å². The molecule has 122 valence electrons. The van der Waals surface area contributed by atoms with Crippen molar-refractivity contribution < 1.29 is 19.4 Å². The lowest BCUT2D eigenvalue weighted by molar-refractivity contribution is 0.0634. The van der Waals surface area contributed by atoms with Crippen LogP contribution < -0.4 is 5.32 Å². The lowest BCUT2D eigenvalue weighted by atomic mass is 9.95. The van der Waals surface area contributed by atoms with Crippen LogP contribution in [0, 0.1) is 0 Å². The molecule has 8 nitrogen and oxygen atoms in total. The third-order valence-electron chi connectivity index (χ3n) is 3.16. The normalized spacial score (nSPS) is 16.4. The molecule has 1 aliphatic heterocycles. The first-order valence-corrected chi connectivity index (χ1v) is 7.31. The molecule has 1 aromatic rings. The number of aliphatic hydroxyl groups is 1. The first-order chi connectivity index (χ1) is 10.4. The summed E-state index contributed by atoms with van der Waals surface area (Å²) in [6.07, 6.45) is 0.971. The van der Waals surface area contributed by atoms with Crippen LogP contribution in [-0.2, 0) is 16.1 Å². The van der Waals surface area contributed by atoms with E-state index in [2.05, 4.69) is 20.5 Å². The number of amides is 1. The molecule has 2 heterocycles. The van der Waals surface area contributed by atoms with Gasteiger partial charge in [-0.05, 0) is 33.6 Å². The molecule has 0 atom stereocenters. The van der Waals surface area contributed by atoms with Crippen molar-refractivity contribution in [3.8, 4) is 0 Å². The summed E-state index contributed by atoms with van der Waals surface area (Å²) in [6, 6.07) is 0. The number of aromatic nitrogens is 3. The summed E-state index contributed by atoms with van der Waals surface area (Å²) < 4.78 is 10.5. The van der Waals surface area contributed by atoms with Gasteiger partial charge in [0.1, 0.15) is 11.3 Å². The highest BCUT2D eigenvalue weighted by Crippen LogP contribution is 2.27. The van der Waals surface area contributed by atoms with E-state index < -0.39 is 11.7 Å². The Bertz CT molecular complexity index is 524. The van der Waals surface area contributed by atoms with Crippen LogP contribution in [0.2, 0.25) is 0 Å². The van der Waals surface area contributed by atoms with Crippen molar-refractivity contribution in [2.45, 2.75) is 51.7 Å². The number of ether oxygens (including phenoxy) is 2. The van der Waals surface area contributed by atoms with Crippen molar-refractivity contribution in [2.75, 3.05) is 18.5 Å². The fraction of sp³-hybridized carbons (Fsp3) is 0.714. The summed E-state index contributed by atoms with van der Waals surface area (Å²) in [6.45, 7) is 6.37. The van der Waals surface area contributed by atoms with Crippen LogP contribution in [0.4, 0.5) is 10.7 Å². The molecule has 1 saturated heterocycles. The summed E-state index contributed by atoms with van der Waals surface area (Å²) in [7, 11) is 0. The minimum absolute atomic E-state index is 0.0768. The highest BCUT2D eigenvalue weighted by Gasteiger charge is 2.23. The first kappa shape index (κ1) is 16.6. The Morgan fingerprint density at radius 3 is 2.64 bits per heavy atom. The molecule has 0 spiro atoms.